The molecule has 108 valence electrons. The molecule has 0 aliphatic rings. The second-order valence-corrected chi connectivity index (χ2v) is 7.30. The first-order chi connectivity index (χ1) is 8.83. The van der Waals surface area contributed by atoms with Crippen molar-refractivity contribution in [1.29, 1.82) is 0 Å². The quantitative estimate of drug-likeness (QED) is 0.830. The Labute approximate surface area is 116 Å². The summed E-state index contributed by atoms with van der Waals surface area (Å²) in [5, 5.41) is 0. The van der Waals surface area contributed by atoms with Gasteiger partial charge in [-0.15, -0.1) is 0 Å². The number of hydrogen-bond acceptors (Lipinski definition) is 3. The molecular formula is C14H24N2O2S. The summed E-state index contributed by atoms with van der Waals surface area (Å²) in [5.74, 6) is 0.121. The summed E-state index contributed by atoms with van der Waals surface area (Å²) in [6.45, 7) is 4.29. The second kappa shape index (κ2) is 7.03. The standard InChI is InChI=1S/C14H24N2O2S/c1-12(14-7-5-4-6-8-14)11-19(17,18)16(3)10-9-13(2)15/h4-8,12-13H,9-11,15H2,1-3H3. The van der Waals surface area contributed by atoms with Crippen molar-refractivity contribution in [3.8, 4) is 0 Å². The van der Waals surface area contributed by atoms with E-state index in [1.807, 2.05) is 44.2 Å². The Bertz CT molecular complexity index is 471. The van der Waals surface area contributed by atoms with E-state index in [0.717, 1.165) is 5.56 Å². The fraction of sp³-hybridized carbons (Fsp3) is 0.571. The highest BCUT2D eigenvalue weighted by atomic mass is 32.2. The van der Waals surface area contributed by atoms with E-state index in [4.69, 9.17) is 5.73 Å². The van der Waals surface area contributed by atoms with Crippen LogP contribution in [0.25, 0.3) is 0 Å². The molecule has 0 fully saturated rings. The molecule has 0 amide bonds. The monoisotopic (exact) mass is 284 g/mol. The molecule has 5 heteroatoms. The lowest BCUT2D eigenvalue weighted by atomic mass is 10.0. The normalized spacial score (nSPS) is 15.4. The third-order valence-electron chi connectivity index (χ3n) is 3.20. The number of nitrogens with zero attached hydrogens (tertiary/aromatic N) is 1. The van der Waals surface area contributed by atoms with Crippen LogP contribution in [0.4, 0.5) is 0 Å². The van der Waals surface area contributed by atoms with Crippen LogP contribution >= 0.6 is 0 Å². The third-order valence-corrected chi connectivity index (χ3v) is 5.26. The SMILES string of the molecule is CC(N)CCN(C)S(=O)(=O)CC(C)c1ccccc1. The molecule has 0 aliphatic heterocycles. The molecule has 1 aromatic carbocycles. The van der Waals surface area contributed by atoms with Crippen molar-refractivity contribution in [1.82, 2.24) is 4.31 Å². The Morgan fingerprint density at radius 3 is 2.32 bits per heavy atom. The zero-order valence-corrected chi connectivity index (χ0v) is 12.7. The summed E-state index contributed by atoms with van der Waals surface area (Å²) in [6, 6.07) is 9.73. The van der Waals surface area contributed by atoms with Gasteiger partial charge in [-0.1, -0.05) is 37.3 Å². The van der Waals surface area contributed by atoms with E-state index in [9.17, 15) is 8.42 Å². The Balaban J connectivity index is 2.64. The third kappa shape index (κ3) is 5.30. The first-order valence-electron chi connectivity index (χ1n) is 6.57. The predicted octanol–water partition coefficient (Wildman–Crippen LogP) is 1.79. The van der Waals surface area contributed by atoms with Gasteiger partial charge in [-0.2, -0.15) is 0 Å². The van der Waals surface area contributed by atoms with Gasteiger partial charge in [0.05, 0.1) is 5.75 Å². The Kier molecular flexibility index (Phi) is 5.97. The van der Waals surface area contributed by atoms with Crippen molar-refractivity contribution in [3.63, 3.8) is 0 Å². The molecular weight excluding hydrogens is 260 g/mol. The van der Waals surface area contributed by atoms with Crippen LogP contribution in [0.2, 0.25) is 0 Å². The summed E-state index contributed by atoms with van der Waals surface area (Å²) in [4.78, 5) is 0. The average molecular weight is 284 g/mol. The van der Waals surface area contributed by atoms with Crippen molar-refractivity contribution < 1.29 is 8.42 Å². The second-order valence-electron chi connectivity index (χ2n) is 5.18. The molecule has 0 radical (unpaired) electrons. The minimum atomic E-state index is -3.23. The van der Waals surface area contributed by atoms with Crippen molar-refractivity contribution in [3.05, 3.63) is 35.9 Å². The first-order valence-corrected chi connectivity index (χ1v) is 8.18. The highest BCUT2D eigenvalue weighted by Gasteiger charge is 2.21. The molecule has 2 unspecified atom stereocenters. The van der Waals surface area contributed by atoms with E-state index in [2.05, 4.69) is 0 Å². The van der Waals surface area contributed by atoms with Crippen LogP contribution in [0.1, 0.15) is 31.7 Å². The molecule has 0 aromatic heterocycles. The van der Waals surface area contributed by atoms with Crippen LogP contribution in [0.15, 0.2) is 30.3 Å². The van der Waals surface area contributed by atoms with Crippen molar-refractivity contribution >= 4 is 10.0 Å². The van der Waals surface area contributed by atoms with Gasteiger partial charge in [0.25, 0.3) is 0 Å². The van der Waals surface area contributed by atoms with Crippen LogP contribution in [-0.4, -0.2) is 38.1 Å². The van der Waals surface area contributed by atoms with Crippen molar-refractivity contribution in [2.24, 2.45) is 5.73 Å². The topological polar surface area (TPSA) is 63.4 Å². The summed E-state index contributed by atoms with van der Waals surface area (Å²) in [6.07, 6.45) is 0.676. The minimum absolute atomic E-state index is 0.0102. The fourth-order valence-electron chi connectivity index (χ4n) is 1.85. The Hall–Kier alpha value is -0.910. The van der Waals surface area contributed by atoms with E-state index in [0.29, 0.717) is 13.0 Å². The average Bonchev–Trinajstić information content (AvgIpc) is 2.36. The highest BCUT2D eigenvalue weighted by Crippen LogP contribution is 2.18. The molecule has 0 heterocycles. The van der Waals surface area contributed by atoms with Gasteiger partial charge < -0.3 is 5.73 Å². The zero-order valence-electron chi connectivity index (χ0n) is 11.9. The summed E-state index contributed by atoms with van der Waals surface area (Å²) < 4.78 is 25.8. The number of hydrogen-bond donors (Lipinski definition) is 1. The van der Waals surface area contributed by atoms with E-state index in [-0.39, 0.29) is 17.7 Å². The molecule has 4 nitrogen and oxygen atoms in total. The Morgan fingerprint density at radius 2 is 1.79 bits per heavy atom. The van der Waals surface area contributed by atoms with Crippen LogP contribution in [-0.2, 0) is 10.0 Å². The highest BCUT2D eigenvalue weighted by molar-refractivity contribution is 7.89. The van der Waals surface area contributed by atoms with Crippen LogP contribution in [0.5, 0.6) is 0 Å². The summed E-state index contributed by atoms with van der Waals surface area (Å²) >= 11 is 0. The number of nitrogens with two attached hydrogens (primary N) is 1. The van der Waals surface area contributed by atoms with Crippen molar-refractivity contribution in [2.75, 3.05) is 19.3 Å². The molecule has 0 bridgehead atoms. The van der Waals surface area contributed by atoms with Gasteiger partial charge in [-0.25, -0.2) is 12.7 Å². The van der Waals surface area contributed by atoms with Gasteiger partial charge in [-0.3, -0.25) is 0 Å². The van der Waals surface area contributed by atoms with Gasteiger partial charge in [0, 0.05) is 19.6 Å². The van der Waals surface area contributed by atoms with E-state index >= 15 is 0 Å². The predicted molar refractivity (Wildman–Crippen MR) is 79.5 cm³/mol. The summed E-state index contributed by atoms with van der Waals surface area (Å²) in [7, 11) is -1.61. The maximum absolute atomic E-state index is 12.2. The minimum Gasteiger partial charge on any atom is -0.328 e. The number of rotatable bonds is 7. The molecule has 0 saturated heterocycles. The van der Waals surface area contributed by atoms with E-state index < -0.39 is 10.0 Å². The lowest BCUT2D eigenvalue weighted by Gasteiger charge is -2.20. The summed E-state index contributed by atoms with van der Waals surface area (Å²) in [5.41, 5.74) is 6.70. The van der Waals surface area contributed by atoms with E-state index in [1.165, 1.54) is 4.31 Å². The van der Waals surface area contributed by atoms with E-state index in [1.54, 1.807) is 7.05 Å². The molecule has 1 aromatic rings. The lowest BCUT2D eigenvalue weighted by molar-refractivity contribution is 0.444. The Morgan fingerprint density at radius 1 is 1.21 bits per heavy atom. The maximum atomic E-state index is 12.2. The van der Waals surface area contributed by atoms with Crippen LogP contribution in [0, 0.1) is 0 Å². The largest absolute Gasteiger partial charge is 0.328 e. The lowest BCUT2D eigenvalue weighted by Crippen LogP contribution is -2.34. The maximum Gasteiger partial charge on any atom is 0.214 e. The number of benzene rings is 1. The van der Waals surface area contributed by atoms with Gasteiger partial charge >= 0.3 is 0 Å². The molecule has 2 atom stereocenters. The van der Waals surface area contributed by atoms with Crippen LogP contribution < -0.4 is 5.73 Å². The molecule has 0 saturated carbocycles. The van der Waals surface area contributed by atoms with Crippen LogP contribution in [0.3, 0.4) is 0 Å². The number of sulfonamides is 1. The molecule has 2 N–H and O–H groups in total. The zero-order chi connectivity index (χ0) is 14.5. The first kappa shape index (κ1) is 16.1. The van der Waals surface area contributed by atoms with Gasteiger partial charge in [0.15, 0.2) is 0 Å². The van der Waals surface area contributed by atoms with Gasteiger partial charge in [-0.05, 0) is 24.8 Å². The smallest absolute Gasteiger partial charge is 0.214 e. The molecule has 19 heavy (non-hydrogen) atoms. The molecule has 1 rings (SSSR count). The van der Waals surface area contributed by atoms with Gasteiger partial charge in [0.1, 0.15) is 0 Å². The molecule has 0 aliphatic carbocycles. The van der Waals surface area contributed by atoms with Gasteiger partial charge in [0.2, 0.25) is 10.0 Å². The van der Waals surface area contributed by atoms with Crippen molar-refractivity contribution in [2.45, 2.75) is 32.2 Å². The molecule has 0 spiro atoms. The fourth-order valence-corrected chi connectivity index (χ4v) is 3.31.